The van der Waals surface area contributed by atoms with Crippen molar-refractivity contribution >= 4 is 23.9 Å². The van der Waals surface area contributed by atoms with Gasteiger partial charge in [-0.2, -0.15) is 5.26 Å². The second kappa shape index (κ2) is 13.6. The van der Waals surface area contributed by atoms with Gasteiger partial charge in [0.1, 0.15) is 12.7 Å². The van der Waals surface area contributed by atoms with Gasteiger partial charge in [-0.3, -0.25) is 19.2 Å². The summed E-state index contributed by atoms with van der Waals surface area (Å²) >= 11 is 0. The van der Waals surface area contributed by atoms with E-state index in [1.165, 1.54) is 6.07 Å². The number of aryl methyl sites for hydroxylation is 2. The Morgan fingerprint density at radius 3 is 2.00 bits per heavy atom. The minimum atomic E-state index is -2.49. The summed E-state index contributed by atoms with van der Waals surface area (Å²) in [4.78, 5) is 48.1. The van der Waals surface area contributed by atoms with Crippen molar-refractivity contribution in [2.24, 2.45) is 0 Å². The summed E-state index contributed by atoms with van der Waals surface area (Å²) in [6, 6.07) is 13.1. The van der Waals surface area contributed by atoms with Crippen molar-refractivity contribution in [3.8, 4) is 6.07 Å². The Bertz CT molecular complexity index is 1380. The van der Waals surface area contributed by atoms with Crippen LogP contribution in [0.5, 0.6) is 0 Å². The van der Waals surface area contributed by atoms with Gasteiger partial charge in [0.2, 0.25) is 11.9 Å². The minimum absolute atomic E-state index is 0.0803. The Balaban J connectivity index is 2.21. The number of ether oxygens (including phenoxy) is 5. The topological polar surface area (TPSA) is 158 Å². The summed E-state index contributed by atoms with van der Waals surface area (Å²) in [5.41, 5.74) is 3.57. The number of hydrogen-bond acceptors (Lipinski definition) is 11. The van der Waals surface area contributed by atoms with Crippen molar-refractivity contribution in [3.05, 3.63) is 69.8 Å². The lowest BCUT2D eigenvalue weighted by atomic mass is 9.84. The van der Waals surface area contributed by atoms with Gasteiger partial charge in [-0.25, -0.2) is 0 Å². The molecule has 1 N–H and O–H groups in total. The molecule has 0 amide bonds. The molecule has 1 heterocycles. The predicted molar refractivity (Wildman–Crippen MR) is 147 cm³/mol. The highest BCUT2D eigenvalue weighted by atomic mass is 16.7. The average Bonchev–Trinajstić information content (AvgIpc) is 2.91. The molecular weight excluding hydrogens is 546 g/mol. The lowest BCUT2D eigenvalue weighted by Crippen LogP contribution is -2.66. The molecule has 2 aromatic rings. The summed E-state index contributed by atoms with van der Waals surface area (Å²) in [5, 5.41) is 22.2. The number of carbonyl (C=O) groups is 4. The van der Waals surface area contributed by atoms with Gasteiger partial charge in [-0.15, -0.1) is 0 Å². The summed E-state index contributed by atoms with van der Waals surface area (Å²) in [7, 11) is 0. The van der Waals surface area contributed by atoms with E-state index in [2.05, 4.69) is 6.07 Å². The van der Waals surface area contributed by atoms with Crippen LogP contribution >= 0.6 is 0 Å². The summed E-state index contributed by atoms with van der Waals surface area (Å²) in [6.45, 7) is 7.69. The number of rotatable bonds is 9. The first-order chi connectivity index (χ1) is 19.8. The third kappa shape index (κ3) is 7.51. The molecule has 1 aliphatic heterocycles. The van der Waals surface area contributed by atoms with E-state index in [0.29, 0.717) is 23.1 Å². The van der Waals surface area contributed by atoms with Gasteiger partial charge in [0.25, 0.3) is 0 Å². The Morgan fingerprint density at radius 1 is 0.905 bits per heavy atom. The molecule has 3 rings (SSSR count). The van der Waals surface area contributed by atoms with E-state index in [1.54, 1.807) is 13.0 Å². The quantitative estimate of drug-likeness (QED) is 0.343. The lowest BCUT2D eigenvalue weighted by molar-refractivity contribution is -0.360. The molecule has 5 atom stereocenters. The zero-order chi connectivity index (χ0) is 31.2. The monoisotopic (exact) mass is 581 g/mol. The van der Waals surface area contributed by atoms with E-state index in [1.807, 2.05) is 31.2 Å². The van der Waals surface area contributed by atoms with Crippen LogP contribution in [-0.2, 0) is 61.5 Å². The molecule has 1 aliphatic rings. The summed E-state index contributed by atoms with van der Waals surface area (Å²) in [5.74, 6) is -5.63. The molecule has 0 bridgehead atoms. The fraction of sp³-hybridized carbons (Fsp3) is 0.452. The fourth-order valence-corrected chi connectivity index (χ4v) is 4.99. The number of nitrogens with zero attached hydrogens (tertiary/aromatic N) is 1. The molecular formula is C31H35NO10. The van der Waals surface area contributed by atoms with E-state index >= 15 is 0 Å². The van der Waals surface area contributed by atoms with E-state index in [0.717, 1.165) is 45.2 Å². The highest BCUT2D eigenvalue weighted by molar-refractivity contribution is 5.69. The average molecular weight is 582 g/mol. The van der Waals surface area contributed by atoms with Crippen LogP contribution in [0.4, 0.5) is 0 Å². The molecule has 0 aliphatic carbocycles. The van der Waals surface area contributed by atoms with Gasteiger partial charge in [-0.05, 0) is 54.2 Å². The van der Waals surface area contributed by atoms with Crippen LogP contribution in [0.25, 0.3) is 0 Å². The molecule has 0 saturated carbocycles. The Kier molecular flexibility index (Phi) is 10.4. The first-order valence-electron chi connectivity index (χ1n) is 13.5. The number of carbonyl (C=O) groups excluding carboxylic acids is 4. The van der Waals surface area contributed by atoms with Gasteiger partial charge >= 0.3 is 23.9 Å². The van der Waals surface area contributed by atoms with E-state index in [9.17, 15) is 29.5 Å². The van der Waals surface area contributed by atoms with Gasteiger partial charge < -0.3 is 28.8 Å². The summed E-state index contributed by atoms with van der Waals surface area (Å²) < 4.78 is 27.5. The minimum Gasteiger partial charge on any atom is -0.463 e. The third-order valence-corrected chi connectivity index (χ3v) is 6.82. The first kappa shape index (κ1) is 32.2. The molecule has 0 spiro atoms. The zero-order valence-corrected chi connectivity index (χ0v) is 24.5. The van der Waals surface area contributed by atoms with Gasteiger partial charge in [-0.1, -0.05) is 31.2 Å². The zero-order valence-electron chi connectivity index (χ0n) is 24.5. The van der Waals surface area contributed by atoms with Crippen LogP contribution in [0.3, 0.4) is 0 Å². The van der Waals surface area contributed by atoms with Crippen molar-refractivity contribution < 1.29 is 48.0 Å². The second-order valence-corrected chi connectivity index (χ2v) is 10.1. The number of esters is 4. The van der Waals surface area contributed by atoms with Crippen LogP contribution in [0.2, 0.25) is 0 Å². The number of aliphatic hydroxyl groups is 1. The van der Waals surface area contributed by atoms with Gasteiger partial charge in [0.15, 0.2) is 12.2 Å². The maximum Gasteiger partial charge on any atom is 0.303 e. The highest BCUT2D eigenvalue weighted by Gasteiger charge is 2.60. The molecule has 2 aromatic carbocycles. The predicted octanol–water partition coefficient (Wildman–Crippen LogP) is 2.92. The van der Waals surface area contributed by atoms with Crippen LogP contribution in [0.1, 0.15) is 68.0 Å². The Hall–Kier alpha value is -4.27. The smallest absolute Gasteiger partial charge is 0.303 e. The normalized spacial score (nSPS) is 23.3. The van der Waals surface area contributed by atoms with Crippen molar-refractivity contribution in [2.75, 3.05) is 6.61 Å². The molecule has 11 nitrogen and oxygen atoms in total. The SMILES string of the molecule is CCc1ccc(Cc2cc([C@]3(O)O[C@H](COC(C)=O)[C@@H](OC(C)=O)[C@H](OC(C)=O)[C@H]3OC(C)=O)cc(C)c2C#N)cc1. The van der Waals surface area contributed by atoms with Crippen LogP contribution in [-0.4, -0.2) is 60.0 Å². The van der Waals surface area contributed by atoms with E-state index in [4.69, 9.17) is 23.7 Å². The fourth-order valence-electron chi connectivity index (χ4n) is 4.99. The number of hydrogen-bond donors (Lipinski definition) is 1. The Morgan fingerprint density at radius 2 is 1.48 bits per heavy atom. The maximum atomic E-state index is 12.3. The molecule has 1 fully saturated rings. The first-order valence-corrected chi connectivity index (χ1v) is 13.5. The van der Waals surface area contributed by atoms with E-state index < -0.39 is 60.7 Å². The maximum absolute atomic E-state index is 12.3. The van der Waals surface area contributed by atoms with E-state index in [-0.39, 0.29) is 5.56 Å². The largest absolute Gasteiger partial charge is 0.463 e. The molecule has 0 radical (unpaired) electrons. The van der Waals surface area contributed by atoms with Gasteiger partial charge in [0, 0.05) is 33.3 Å². The number of benzene rings is 2. The molecule has 11 heteroatoms. The number of nitriles is 1. The molecule has 224 valence electrons. The molecule has 0 unspecified atom stereocenters. The van der Waals surface area contributed by atoms with Crippen molar-refractivity contribution in [1.29, 1.82) is 5.26 Å². The van der Waals surface area contributed by atoms with Crippen LogP contribution in [0.15, 0.2) is 36.4 Å². The summed E-state index contributed by atoms with van der Waals surface area (Å²) in [6.07, 6.45) is -4.86. The van der Waals surface area contributed by atoms with Crippen molar-refractivity contribution in [2.45, 2.75) is 84.6 Å². The highest BCUT2D eigenvalue weighted by Crippen LogP contribution is 2.42. The van der Waals surface area contributed by atoms with Crippen LogP contribution < -0.4 is 0 Å². The standard InChI is InChI=1S/C31H35NO10/c1-7-22-8-10-23(11-9-22)13-24-14-25(12-17(2)26(24)15-32)31(37)30(41-21(6)36)29(40-20(5)35)28(39-19(4)34)27(42-31)16-38-18(3)33/h8-12,14,27-30,37H,7,13,16H2,1-6H3/t27-,28-,29+,30-,31+/m1/s1. The van der Waals surface area contributed by atoms with Crippen molar-refractivity contribution in [1.82, 2.24) is 0 Å². The van der Waals surface area contributed by atoms with Gasteiger partial charge in [0.05, 0.1) is 11.6 Å². The lowest BCUT2D eigenvalue weighted by Gasteiger charge is -2.48. The molecule has 1 saturated heterocycles. The molecule has 42 heavy (non-hydrogen) atoms. The second-order valence-electron chi connectivity index (χ2n) is 10.1. The third-order valence-electron chi connectivity index (χ3n) is 6.82. The van der Waals surface area contributed by atoms with Crippen molar-refractivity contribution in [3.63, 3.8) is 0 Å². The Labute approximate surface area is 244 Å². The van der Waals surface area contributed by atoms with Crippen LogP contribution in [0, 0.1) is 18.3 Å². The molecule has 0 aromatic heterocycles.